The summed E-state index contributed by atoms with van der Waals surface area (Å²) >= 11 is 0. The van der Waals surface area contributed by atoms with E-state index in [1.807, 2.05) is 20.8 Å². The SMILES string of the molecule is CCCNc1ncc(S(=O)(=O)NC(C)CC)cn1. The number of nitrogens with one attached hydrogen (secondary N) is 2. The Morgan fingerprint density at radius 1 is 1.28 bits per heavy atom. The highest BCUT2D eigenvalue weighted by Crippen LogP contribution is 2.08. The predicted octanol–water partition coefficient (Wildman–Crippen LogP) is 1.38. The molecular weight excluding hydrogens is 252 g/mol. The highest BCUT2D eigenvalue weighted by atomic mass is 32.2. The highest BCUT2D eigenvalue weighted by Gasteiger charge is 2.17. The van der Waals surface area contributed by atoms with Crippen LogP contribution in [0.3, 0.4) is 0 Å². The first-order valence-electron chi connectivity index (χ1n) is 6.07. The van der Waals surface area contributed by atoms with Crippen LogP contribution in [0.1, 0.15) is 33.6 Å². The van der Waals surface area contributed by atoms with Crippen molar-refractivity contribution in [3.63, 3.8) is 0 Å². The van der Waals surface area contributed by atoms with Gasteiger partial charge in [0.1, 0.15) is 4.90 Å². The van der Waals surface area contributed by atoms with Crippen molar-refractivity contribution < 1.29 is 8.42 Å². The summed E-state index contributed by atoms with van der Waals surface area (Å²) in [6.45, 7) is 6.52. The summed E-state index contributed by atoms with van der Waals surface area (Å²) in [4.78, 5) is 8.04. The van der Waals surface area contributed by atoms with E-state index in [4.69, 9.17) is 0 Å². The maximum absolute atomic E-state index is 11.9. The van der Waals surface area contributed by atoms with Gasteiger partial charge in [-0.1, -0.05) is 13.8 Å². The van der Waals surface area contributed by atoms with Gasteiger partial charge < -0.3 is 5.32 Å². The van der Waals surface area contributed by atoms with Crippen molar-refractivity contribution in [2.75, 3.05) is 11.9 Å². The van der Waals surface area contributed by atoms with Gasteiger partial charge in [0, 0.05) is 12.6 Å². The molecule has 0 saturated heterocycles. The van der Waals surface area contributed by atoms with Crippen molar-refractivity contribution in [3.05, 3.63) is 12.4 Å². The summed E-state index contributed by atoms with van der Waals surface area (Å²) in [5, 5.41) is 2.99. The van der Waals surface area contributed by atoms with Crippen molar-refractivity contribution in [1.82, 2.24) is 14.7 Å². The zero-order valence-corrected chi connectivity index (χ0v) is 11.8. The molecule has 0 bridgehead atoms. The topological polar surface area (TPSA) is 84.0 Å². The van der Waals surface area contributed by atoms with Gasteiger partial charge in [-0.15, -0.1) is 0 Å². The van der Waals surface area contributed by atoms with E-state index in [1.165, 1.54) is 12.4 Å². The van der Waals surface area contributed by atoms with Crippen molar-refractivity contribution in [2.24, 2.45) is 0 Å². The van der Waals surface area contributed by atoms with Gasteiger partial charge in [-0.05, 0) is 19.8 Å². The van der Waals surface area contributed by atoms with Crippen LogP contribution >= 0.6 is 0 Å². The molecule has 18 heavy (non-hydrogen) atoms. The quantitative estimate of drug-likeness (QED) is 0.783. The lowest BCUT2D eigenvalue weighted by Gasteiger charge is -2.11. The Labute approximate surface area is 108 Å². The minimum atomic E-state index is -3.51. The first-order valence-corrected chi connectivity index (χ1v) is 7.56. The number of hydrogen-bond donors (Lipinski definition) is 2. The average Bonchev–Trinajstić information content (AvgIpc) is 2.36. The van der Waals surface area contributed by atoms with E-state index < -0.39 is 10.0 Å². The first-order chi connectivity index (χ1) is 8.49. The van der Waals surface area contributed by atoms with E-state index in [2.05, 4.69) is 20.0 Å². The van der Waals surface area contributed by atoms with Gasteiger partial charge in [0.2, 0.25) is 16.0 Å². The second-order valence-corrected chi connectivity index (χ2v) is 5.81. The average molecular weight is 272 g/mol. The molecule has 2 N–H and O–H groups in total. The number of rotatable bonds is 7. The molecule has 1 aromatic rings. The fourth-order valence-corrected chi connectivity index (χ4v) is 2.41. The standard InChI is InChI=1S/C11H20N4O2S/c1-4-6-12-11-13-7-10(8-14-11)18(16,17)15-9(3)5-2/h7-9,15H,4-6H2,1-3H3,(H,12,13,14). The van der Waals surface area contributed by atoms with E-state index in [-0.39, 0.29) is 10.9 Å². The summed E-state index contributed by atoms with van der Waals surface area (Å²) in [5.74, 6) is 0.444. The van der Waals surface area contributed by atoms with Crippen LogP contribution in [0.15, 0.2) is 17.3 Å². The molecular formula is C11H20N4O2S. The molecule has 0 aliphatic heterocycles. The molecule has 0 fully saturated rings. The lowest BCUT2D eigenvalue weighted by Crippen LogP contribution is -2.32. The predicted molar refractivity (Wildman–Crippen MR) is 70.9 cm³/mol. The molecule has 1 unspecified atom stereocenters. The molecule has 0 amide bonds. The number of nitrogens with zero attached hydrogens (tertiary/aromatic N) is 2. The molecule has 0 spiro atoms. The van der Waals surface area contributed by atoms with Gasteiger partial charge in [-0.3, -0.25) is 0 Å². The van der Waals surface area contributed by atoms with Crippen LogP contribution in [0.2, 0.25) is 0 Å². The van der Waals surface area contributed by atoms with Gasteiger partial charge in [0.05, 0.1) is 12.4 Å². The number of anilines is 1. The lowest BCUT2D eigenvalue weighted by atomic mass is 10.3. The highest BCUT2D eigenvalue weighted by molar-refractivity contribution is 7.89. The molecule has 0 aliphatic rings. The van der Waals surface area contributed by atoms with Gasteiger partial charge >= 0.3 is 0 Å². The van der Waals surface area contributed by atoms with Gasteiger partial charge in [0.25, 0.3) is 0 Å². The van der Waals surface area contributed by atoms with Crippen molar-refractivity contribution in [2.45, 2.75) is 44.6 Å². The fourth-order valence-electron chi connectivity index (χ4n) is 1.20. The Bertz CT molecular complexity index is 458. The maximum atomic E-state index is 11.9. The molecule has 0 radical (unpaired) electrons. The third-order valence-corrected chi connectivity index (χ3v) is 3.98. The molecule has 7 heteroatoms. The molecule has 0 saturated carbocycles. The summed E-state index contributed by atoms with van der Waals surface area (Å²) in [7, 11) is -3.51. The zero-order chi connectivity index (χ0) is 13.6. The van der Waals surface area contributed by atoms with Crippen molar-refractivity contribution in [3.8, 4) is 0 Å². The minimum Gasteiger partial charge on any atom is -0.354 e. The van der Waals surface area contributed by atoms with E-state index >= 15 is 0 Å². The maximum Gasteiger partial charge on any atom is 0.243 e. The van der Waals surface area contributed by atoms with Crippen LogP contribution in [-0.4, -0.2) is 31.0 Å². The number of aromatic nitrogens is 2. The van der Waals surface area contributed by atoms with Gasteiger partial charge in [0.15, 0.2) is 0 Å². The fraction of sp³-hybridized carbons (Fsp3) is 0.636. The monoisotopic (exact) mass is 272 g/mol. The van der Waals surface area contributed by atoms with Crippen LogP contribution < -0.4 is 10.0 Å². The van der Waals surface area contributed by atoms with Crippen LogP contribution in [0.4, 0.5) is 5.95 Å². The van der Waals surface area contributed by atoms with E-state index in [1.54, 1.807) is 0 Å². The molecule has 1 heterocycles. The Kier molecular flexibility index (Phi) is 5.49. The van der Waals surface area contributed by atoms with E-state index in [0.29, 0.717) is 5.95 Å². The summed E-state index contributed by atoms with van der Waals surface area (Å²) < 4.78 is 26.4. The molecule has 0 aromatic carbocycles. The zero-order valence-electron chi connectivity index (χ0n) is 11.0. The van der Waals surface area contributed by atoms with Gasteiger partial charge in [-0.2, -0.15) is 0 Å². The molecule has 1 aromatic heterocycles. The molecule has 0 aliphatic carbocycles. The Morgan fingerprint density at radius 2 is 1.89 bits per heavy atom. The number of hydrogen-bond acceptors (Lipinski definition) is 5. The smallest absolute Gasteiger partial charge is 0.243 e. The van der Waals surface area contributed by atoms with Crippen molar-refractivity contribution >= 4 is 16.0 Å². The summed E-state index contributed by atoms with van der Waals surface area (Å²) in [6, 6.07) is -0.104. The third-order valence-electron chi connectivity index (χ3n) is 2.44. The second-order valence-electron chi connectivity index (χ2n) is 4.10. The normalized spacial score (nSPS) is 13.3. The van der Waals surface area contributed by atoms with Crippen LogP contribution in [0, 0.1) is 0 Å². The lowest BCUT2D eigenvalue weighted by molar-refractivity contribution is 0.555. The Morgan fingerprint density at radius 3 is 2.39 bits per heavy atom. The van der Waals surface area contributed by atoms with Gasteiger partial charge in [-0.25, -0.2) is 23.1 Å². The molecule has 6 nitrogen and oxygen atoms in total. The third kappa shape index (κ3) is 4.23. The largest absolute Gasteiger partial charge is 0.354 e. The summed E-state index contributed by atoms with van der Waals surface area (Å²) in [6.07, 6.45) is 4.32. The minimum absolute atomic E-state index is 0.0878. The Balaban J connectivity index is 2.77. The molecule has 1 atom stereocenters. The second kappa shape index (κ2) is 6.65. The number of sulfonamides is 1. The van der Waals surface area contributed by atoms with Crippen LogP contribution in [0.25, 0.3) is 0 Å². The van der Waals surface area contributed by atoms with E-state index in [0.717, 1.165) is 19.4 Å². The summed E-state index contributed by atoms with van der Waals surface area (Å²) in [5.41, 5.74) is 0. The first kappa shape index (κ1) is 14.8. The Hall–Kier alpha value is -1.21. The van der Waals surface area contributed by atoms with Crippen molar-refractivity contribution in [1.29, 1.82) is 0 Å². The molecule has 1 rings (SSSR count). The molecule has 102 valence electrons. The van der Waals surface area contributed by atoms with E-state index in [9.17, 15) is 8.42 Å². The van der Waals surface area contributed by atoms with Crippen LogP contribution in [-0.2, 0) is 10.0 Å². The van der Waals surface area contributed by atoms with Crippen LogP contribution in [0.5, 0.6) is 0 Å².